The first-order valence-corrected chi connectivity index (χ1v) is 21.5. The molecule has 64 heavy (non-hydrogen) atoms. The van der Waals surface area contributed by atoms with Gasteiger partial charge in [-0.05, 0) is 66.1 Å². The third-order valence-corrected chi connectivity index (χ3v) is 10.5. The number of aliphatic carboxylic acids is 6. The van der Waals surface area contributed by atoms with Crippen LogP contribution in [0.15, 0.2) is 22.9 Å². The van der Waals surface area contributed by atoms with Gasteiger partial charge in [0.15, 0.2) is 0 Å². The van der Waals surface area contributed by atoms with Crippen molar-refractivity contribution in [3.8, 4) is 0 Å². The van der Waals surface area contributed by atoms with E-state index in [4.69, 9.17) is 5.11 Å². The lowest BCUT2D eigenvalue weighted by molar-refractivity contribution is -0.141. The van der Waals surface area contributed by atoms with Gasteiger partial charge in [-0.15, -0.1) is 0 Å². The molecule has 358 valence electrons. The van der Waals surface area contributed by atoms with E-state index in [1.165, 1.54) is 0 Å². The molecule has 0 saturated carbocycles. The highest BCUT2D eigenvalue weighted by Crippen LogP contribution is 2.13. The molecule has 24 nitrogen and oxygen atoms in total. The lowest BCUT2D eigenvalue weighted by atomic mass is 10.1. The molecule has 0 aliphatic carbocycles. The van der Waals surface area contributed by atoms with Crippen molar-refractivity contribution in [3.05, 3.63) is 28.5 Å². The zero-order chi connectivity index (χ0) is 47.6. The van der Waals surface area contributed by atoms with Gasteiger partial charge in [-0.1, -0.05) is 6.07 Å². The number of hydrogen-bond donors (Lipinski definition) is 9. The first-order valence-electron chi connectivity index (χ1n) is 20.7. The van der Waals surface area contributed by atoms with E-state index in [0.717, 1.165) is 5.56 Å². The van der Waals surface area contributed by atoms with E-state index in [1.807, 2.05) is 0 Å². The molecular weight excluding hydrogens is 914 g/mol. The van der Waals surface area contributed by atoms with E-state index < -0.39 is 66.8 Å². The Labute approximate surface area is 378 Å². The molecule has 2 heterocycles. The first-order chi connectivity index (χ1) is 30.3. The predicted octanol–water partition coefficient (Wildman–Crippen LogP) is -0.825. The van der Waals surface area contributed by atoms with Crippen LogP contribution < -0.4 is 16.0 Å². The Kier molecular flexibility index (Phi) is 25.4. The largest absolute Gasteiger partial charge is 0.481 e. The van der Waals surface area contributed by atoms with E-state index in [0.29, 0.717) is 23.9 Å². The Hall–Kier alpha value is -5.50. The molecule has 1 aliphatic rings. The van der Waals surface area contributed by atoms with Gasteiger partial charge in [0.05, 0.1) is 26.2 Å². The molecule has 2 rings (SSSR count). The molecule has 0 aromatic carbocycles. The molecule has 4 amide bonds. The minimum absolute atomic E-state index is 0.0524. The summed E-state index contributed by atoms with van der Waals surface area (Å²) in [5.74, 6) is -7.82. The van der Waals surface area contributed by atoms with Gasteiger partial charge in [0, 0.05) is 91.0 Å². The SMILES string of the molecule is O=C(O)CCC(NC(=O)N[C@@H](CCCCN(Cc1ccc(Br)nc1)C(=O)CCCCNC(=O)CN1CCN(CC(=O)O)CCN(CC(=O)O)CCN(CC(=O)O)CC1)C(=O)O)C(=O)O. The summed E-state index contributed by atoms with van der Waals surface area (Å²) in [6, 6.07) is -0.515. The van der Waals surface area contributed by atoms with Gasteiger partial charge in [-0.3, -0.25) is 48.4 Å². The van der Waals surface area contributed by atoms with Crippen LogP contribution in [0.3, 0.4) is 0 Å². The fourth-order valence-corrected chi connectivity index (χ4v) is 6.87. The van der Waals surface area contributed by atoms with Crippen molar-refractivity contribution in [1.29, 1.82) is 0 Å². The lowest BCUT2D eigenvalue weighted by Crippen LogP contribution is -2.51. The lowest BCUT2D eigenvalue weighted by Gasteiger charge is -2.32. The smallest absolute Gasteiger partial charge is 0.326 e. The minimum atomic E-state index is -1.55. The zero-order valence-electron chi connectivity index (χ0n) is 35.6. The van der Waals surface area contributed by atoms with Crippen molar-refractivity contribution in [2.75, 3.05) is 91.6 Å². The van der Waals surface area contributed by atoms with Gasteiger partial charge in [0.2, 0.25) is 11.8 Å². The van der Waals surface area contributed by atoms with Crippen LogP contribution in [0.2, 0.25) is 0 Å². The second-order valence-electron chi connectivity index (χ2n) is 15.2. The third-order valence-electron chi connectivity index (χ3n) is 10.1. The summed E-state index contributed by atoms with van der Waals surface area (Å²) in [7, 11) is 0. The maximum Gasteiger partial charge on any atom is 0.326 e. The minimum Gasteiger partial charge on any atom is -0.481 e. The van der Waals surface area contributed by atoms with Gasteiger partial charge in [0.25, 0.3) is 0 Å². The Morgan fingerprint density at radius 1 is 0.609 bits per heavy atom. The van der Waals surface area contributed by atoms with Crippen LogP contribution in [0.4, 0.5) is 4.79 Å². The molecule has 0 bridgehead atoms. The first kappa shape index (κ1) is 54.6. The average molecular weight is 975 g/mol. The van der Waals surface area contributed by atoms with Crippen molar-refractivity contribution in [3.63, 3.8) is 0 Å². The number of pyridine rings is 1. The summed E-state index contributed by atoms with van der Waals surface area (Å²) in [6.45, 7) is 1.82. The number of unbranched alkanes of at least 4 members (excludes halogenated alkanes) is 2. The molecule has 25 heteroatoms. The number of carbonyl (C=O) groups excluding carboxylic acids is 3. The topological polar surface area (TPSA) is 340 Å². The highest BCUT2D eigenvalue weighted by molar-refractivity contribution is 9.10. The standard InChI is InChI=1S/C39H60BrN9O15/c40-30-9-7-27(21-42-30)22-49(12-4-2-5-28(37(60)61)43-39(64)44-29(38(62)63)8-10-33(52)53)32(51)6-1-3-11-41-31(50)23-45-13-15-46(24-34(54)55)17-19-48(26-36(58)59)20-18-47(16-14-45)25-35(56)57/h7,9,21,28-29H,1-6,8,10-20,22-26H2,(H,41,50)(H,52,53)(H,54,55)(H,56,57)(H,58,59)(H,60,61)(H,62,63)(H2,43,44,64)/t28-,29?/m0/s1. The number of rotatable bonds is 27. The van der Waals surface area contributed by atoms with Crippen molar-refractivity contribution in [1.82, 2.24) is 45.4 Å². The van der Waals surface area contributed by atoms with E-state index in [1.54, 1.807) is 42.8 Å². The fourth-order valence-electron chi connectivity index (χ4n) is 6.64. The number of aromatic nitrogens is 1. The highest BCUT2D eigenvalue weighted by Gasteiger charge is 2.26. The summed E-state index contributed by atoms with van der Waals surface area (Å²) < 4.78 is 0.596. The Morgan fingerprint density at radius 3 is 1.53 bits per heavy atom. The molecule has 1 aromatic rings. The number of halogens is 1. The quantitative estimate of drug-likeness (QED) is 0.0384. The molecule has 0 radical (unpaired) electrons. The molecule has 1 unspecified atom stereocenters. The van der Waals surface area contributed by atoms with Gasteiger partial charge < -0.3 is 51.5 Å². The summed E-state index contributed by atoms with van der Waals surface area (Å²) >= 11 is 3.28. The number of nitrogens with zero attached hydrogens (tertiary/aromatic N) is 6. The van der Waals surface area contributed by atoms with Crippen LogP contribution in [0, 0.1) is 0 Å². The highest BCUT2D eigenvalue weighted by atomic mass is 79.9. The normalized spacial score (nSPS) is 15.6. The maximum atomic E-state index is 13.5. The Bertz CT molecular complexity index is 1690. The average Bonchev–Trinajstić information content (AvgIpc) is 3.20. The number of hydrogen-bond acceptors (Lipinski definition) is 14. The maximum absolute atomic E-state index is 13.5. The molecule has 1 fully saturated rings. The molecule has 2 atom stereocenters. The number of amides is 4. The van der Waals surface area contributed by atoms with Gasteiger partial charge in [0.1, 0.15) is 16.7 Å². The number of nitrogens with one attached hydrogen (secondary N) is 3. The second-order valence-corrected chi connectivity index (χ2v) is 16.0. The van der Waals surface area contributed by atoms with Crippen LogP contribution in [0.25, 0.3) is 0 Å². The van der Waals surface area contributed by atoms with Crippen molar-refractivity contribution in [2.24, 2.45) is 0 Å². The number of urea groups is 1. The van der Waals surface area contributed by atoms with Gasteiger partial charge >= 0.3 is 41.8 Å². The van der Waals surface area contributed by atoms with Crippen LogP contribution in [0.1, 0.15) is 56.9 Å². The number of carboxylic acid groups (broad SMARTS) is 6. The van der Waals surface area contributed by atoms with Crippen LogP contribution >= 0.6 is 15.9 Å². The molecule has 1 aromatic heterocycles. The molecule has 9 N–H and O–H groups in total. The molecular formula is C39H60BrN9O15. The fraction of sp³-hybridized carbons (Fsp3) is 0.641. The predicted molar refractivity (Wildman–Crippen MR) is 228 cm³/mol. The second kappa shape index (κ2) is 29.8. The van der Waals surface area contributed by atoms with Crippen LogP contribution in [-0.4, -0.2) is 217 Å². The summed E-state index contributed by atoms with van der Waals surface area (Å²) in [4.78, 5) is 120. The van der Waals surface area contributed by atoms with E-state index in [2.05, 4.69) is 36.9 Å². The monoisotopic (exact) mass is 973 g/mol. The third kappa shape index (κ3) is 24.4. The summed E-state index contributed by atoms with van der Waals surface area (Å²) in [5, 5.41) is 63.2. The van der Waals surface area contributed by atoms with E-state index in [-0.39, 0.29) is 129 Å². The molecule has 1 aliphatic heterocycles. The van der Waals surface area contributed by atoms with Gasteiger partial charge in [-0.25, -0.2) is 19.4 Å². The summed E-state index contributed by atoms with van der Waals surface area (Å²) in [5.41, 5.74) is 0.737. The van der Waals surface area contributed by atoms with Crippen molar-refractivity contribution in [2.45, 2.75) is 70.0 Å². The van der Waals surface area contributed by atoms with Gasteiger partial charge in [-0.2, -0.15) is 0 Å². The Morgan fingerprint density at radius 2 is 1.09 bits per heavy atom. The molecule has 1 saturated heterocycles. The van der Waals surface area contributed by atoms with Crippen LogP contribution in [-0.2, 0) is 44.9 Å². The number of carbonyl (C=O) groups is 9. The van der Waals surface area contributed by atoms with E-state index in [9.17, 15) is 68.7 Å². The van der Waals surface area contributed by atoms with Crippen molar-refractivity contribution < 1.29 is 73.8 Å². The van der Waals surface area contributed by atoms with Crippen molar-refractivity contribution >= 4 is 69.6 Å². The van der Waals surface area contributed by atoms with Crippen LogP contribution in [0.5, 0.6) is 0 Å². The van der Waals surface area contributed by atoms with E-state index >= 15 is 0 Å². The number of carboxylic acids is 6. The zero-order valence-corrected chi connectivity index (χ0v) is 37.2. The molecule has 0 spiro atoms. The Balaban J connectivity index is 1.96. The summed E-state index contributed by atoms with van der Waals surface area (Å²) in [6.07, 6.45) is 2.20.